The topological polar surface area (TPSA) is 85.2 Å². The fourth-order valence-electron chi connectivity index (χ4n) is 5.14. The largest absolute Gasteiger partial charge is 0.507 e. The number of fused-ring (bicyclic) bond motifs is 1. The van der Waals surface area contributed by atoms with Gasteiger partial charge in [0.15, 0.2) is 0 Å². The van der Waals surface area contributed by atoms with Gasteiger partial charge in [-0.3, -0.25) is 4.79 Å². The van der Waals surface area contributed by atoms with E-state index in [2.05, 4.69) is 53.4 Å². The van der Waals surface area contributed by atoms with Gasteiger partial charge >= 0.3 is 0 Å². The molecule has 1 saturated carbocycles. The molecule has 0 spiro atoms. The molecule has 182 valence electrons. The standard InChI is InChI=1S/C29H32BrN3O2/c1-28(2,3)26(32-24-12-11-20(18-31)21-8-4-5-9-22(21)24)27(35)33-29(14-6-7-15-29)17-19-10-13-25(34)23(30)16-19/h4-5,8-13,16,26,32,34H,6-7,14-15,17H2,1-3H3,(H,33,35)/t26-/m0/s1. The Morgan fingerprint density at radius 3 is 2.43 bits per heavy atom. The average Bonchev–Trinajstić information content (AvgIpc) is 3.26. The van der Waals surface area contributed by atoms with Crippen LogP contribution in [0.4, 0.5) is 5.69 Å². The molecule has 5 nitrogen and oxygen atoms in total. The summed E-state index contributed by atoms with van der Waals surface area (Å²) in [6.07, 6.45) is 4.72. The van der Waals surface area contributed by atoms with Gasteiger partial charge < -0.3 is 15.7 Å². The van der Waals surface area contributed by atoms with Crippen molar-refractivity contribution in [2.75, 3.05) is 5.32 Å². The first kappa shape index (κ1) is 25.1. The molecule has 4 rings (SSSR count). The summed E-state index contributed by atoms with van der Waals surface area (Å²) in [5.41, 5.74) is 1.88. The van der Waals surface area contributed by atoms with Crippen LogP contribution in [0.2, 0.25) is 0 Å². The molecule has 3 aromatic carbocycles. The number of carbonyl (C=O) groups excluding carboxylic acids is 1. The summed E-state index contributed by atoms with van der Waals surface area (Å²) in [5.74, 6) is 0.190. The Morgan fingerprint density at radius 1 is 1.11 bits per heavy atom. The van der Waals surface area contributed by atoms with Crippen molar-refractivity contribution >= 4 is 38.3 Å². The van der Waals surface area contributed by atoms with Crippen LogP contribution in [0.1, 0.15) is 57.6 Å². The molecule has 0 aliphatic heterocycles. The van der Waals surface area contributed by atoms with Crippen LogP contribution in [-0.2, 0) is 11.2 Å². The molecule has 0 unspecified atom stereocenters. The van der Waals surface area contributed by atoms with Crippen LogP contribution < -0.4 is 10.6 Å². The van der Waals surface area contributed by atoms with E-state index in [1.807, 2.05) is 48.5 Å². The highest BCUT2D eigenvalue weighted by Gasteiger charge is 2.40. The van der Waals surface area contributed by atoms with Crippen molar-refractivity contribution in [3.8, 4) is 11.8 Å². The highest BCUT2D eigenvalue weighted by molar-refractivity contribution is 9.10. The molecule has 0 heterocycles. The van der Waals surface area contributed by atoms with Gasteiger partial charge in [-0.15, -0.1) is 0 Å². The third kappa shape index (κ3) is 5.46. The number of nitrogens with one attached hydrogen (secondary N) is 2. The molecule has 35 heavy (non-hydrogen) atoms. The molecule has 0 saturated heterocycles. The number of halogens is 1. The number of phenols is 1. The first-order chi connectivity index (χ1) is 16.6. The summed E-state index contributed by atoms with van der Waals surface area (Å²) < 4.78 is 0.663. The SMILES string of the molecule is CC(C)(C)[C@@H](Nc1ccc(C#N)c2ccccc12)C(=O)NC1(Cc2ccc(O)c(Br)c2)CCCC1. The van der Waals surface area contributed by atoms with Gasteiger partial charge in [0.2, 0.25) is 5.91 Å². The Labute approximate surface area is 215 Å². The van der Waals surface area contributed by atoms with Crippen molar-refractivity contribution in [1.29, 1.82) is 5.26 Å². The van der Waals surface area contributed by atoms with Gasteiger partial charge in [-0.1, -0.05) is 63.9 Å². The van der Waals surface area contributed by atoms with Gasteiger partial charge in [-0.2, -0.15) is 5.26 Å². The molecule has 0 bridgehead atoms. The maximum absolute atomic E-state index is 13.9. The third-order valence-electron chi connectivity index (χ3n) is 6.98. The fourth-order valence-corrected chi connectivity index (χ4v) is 5.56. The predicted octanol–water partition coefficient (Wildman–Crippen LogP) is 6.68. The van der Waals surface area contributed by atoms with E-state index < -0.39 is 6.04 Å². The number of hydrogen-bond acceptors (Lipinski definition) is 4. The van der Waals surface area contributed by atoms with Crippen molar-refractivity contribution in [3.05, 3.63) is 70.2 Å². The maximum Gasteiger partial charge on any atom is 0.243 e. The molecule has 1 aliphatic rings. The number of phenolic OH excluding ortho intramolecular Hbond substituents is 1. The van der Waals surface area contributed by atoms with Gasteiger partial charge in [-0.05, 0) is 70.4 Å². The van der Waals surface area contributed by atoms with Crippen molar-refractivity contribution in [3.63, 3.8) is 0 Å². The number of hydrogen-bond donors (Lipinski definition) is 3. The smallest absolute Gasteiger partial charge is 0.243 e. The van der Waals surface area contributed by atoms with Gasteiger partial charge in [0.05, 0.1) is 16.1 Å². The highest BCUT2D eigenvalue weighted by Crippen LogP contribution is 2.36. The molecule has 1 fully saturated rings. The van der Waals surface area contributed by atoms with E-state index >= 15 is 0 Å². The Hall–Kier alpha value is -3.04. The van der Waals surface area contributed by atoms with E-state index in [0.29, 0.717) is 16.5 Å². The lowest BCUT2D eigenvalue weighted by Gasteiger charge is -2.37. The molecule has 1 atom stereocenters. The van der Waals surface area contributed by atoms with Crippen LogP contribution in [0, 0.1) is 16.7 Å². The minimum absolute atomic E-state index is 0.0225. The Kier molecular flexibility index (Phi) is 7.10. The molecule has 0 radical (unpaired) electrons. The summed E-state index contributed by atoms with van der Waals surface area (Å²) in [4.78, 5) is 13.9. The summed E-state index contributed by atoms with van der Waals surface area (Å²) >= 11 is 3.41. The van der Waals surface area contributed by atoms with Crippen LogP contribution >= 0.6 is 15.9 Å². The Bertz CT molecular complexity index is 1280. The van der Waals surface area contributed by atoms with E-state index in [1.165, 1.54) is 0 Å². The molecule has 1 amide bonds. The van der Waals surface area contributed by atoms with Crippen molar-refractivity contribution in [2.45, 2.75) is 64.5 Å². The number of carbonyl (C=O) groups is 1. The van der Waals surface area contributed by atoms with E-state index in [1.54, 1.807) is 6.07 Å². The Balaban J connectivity index is 1.62. The number of benzene rings is 3. The summed E-state index contributed by atoms with van der Waals surface area (Å²) in [7, 11) is 0. The summed E-state index contributed by atoms with van der Waals surface area (Å²) in [5, 5.41) is 28.2. The molecule has 1 aliphatic carbocycles. The summed E-state index contributed by atoms with van der Waals surface area (Å²) in [6, 6.07) is 18.8. The number of rotatable bonds is 6. The van der Waals surface area contributed by atoms with Gasteiger partial charge in [0, 0.05) is 22.0 Å². The van der Waals surface area contributed by atoms with E-state index in [4.69, 9.17) is 0 Å². The van der Waals surface area contributed by atoms with Gasteiger partial charge in [0.1, 0.15) is 11.8 Å². The Morgan fingerprint density at radius 2 is 1.80 bits per heavy atom. The van der Waals surface area contributed by atoms with Crippen LogP contribution in [0.25, 0.3) is 10.8 Å². The van der Waals surface area contributed by atoms with Crippen LogP contribution in [0.3, 0.4) is 0 Å². The summed E-state index contributed by atoms with van der Waals surface area (Å²) in [6.45, 7) is 6.19. The van der Waals surface area contributed by atoms with Crippen molar-refractivity contribution < 1.29 is 9.90 Å². The lowest BCUT2D eigenvalue weighted by atomic mass is 9.83. The second kappa shape index (κ2) is 9.91. The van der Waals surface area contributed by atoms with E-state index in [-0.39, 0.29) is 22.6 Å². The second-order valence-electron chi connectivity index (χ2n) is 10.7. The molecule has 3 aromatic rings. The van der Waals surface area contributed by atoms with Gasteiger partial charge in [0.25, 0.3) is 0 Å². The van der Waals surface area contributed by atoms with Crippen LogP contribution in [-0.4, -0.2) is 22.6 Å². The fraction of sp³-hybridized carbons (Fsp3) is 0.379. The zero-order chi connectivity index (χ0) is 25.2. The van der Waals surface area contributed by atoms with E-state index in [0.717, 1.165) is 47.7 Å². The molecular weight excluding hydrogens is 502 g/mol. The lowest BCUT2D eigenvalue weighted by Crippen LogP contribution is -2.56. The third-order valence-corrected chi connectivity index (χ3v) is 7.61. The minimum atomic E-state index is -0.470. The lowest BCUT2D eigenvalue weighted by molar-refractivity contribution is -0.125. The number of nitrogens with zero attached hydrogens (tertiary/aromatic N) is 1. The van der Waals surface area contributed by atoms with Crippen LogP contribution in [0.5, 0.6) is 5.75 Å². The van der Waals surface area contributed by atoms with E-state index in [9.17, 15) is 15.2 Å². The van der Waals surface area contributed by atoms with Crippen molar-refractivity contribution in [2.24, 2.45) is 5.41 Å². The highest BCUT2D eigenvalue weighted by atomic mass is 79.9. The first-order valence-electron chi connectivity index (χ1n) is 12.1. The van der Waals surface area contributed by atoms with Crippen molar-refractivity contribution in [1.82, 2.24) is 5.32 Å². The predicted molar refractivity (Wildman–Crippen MR) is 144 cm³/mol. The molecule has 6 heteroatoms. The number of aromatic hydroxyl groups is 1. The normalized spacial score (nSPS) is 16.0. The first-order valence-corrected chi connectivity index (χ1v) is 12.9. The monoisotopic (exact) mass is 533 g/mol. The number of anilines is 1. The zero-order valence-electron chi connectivity index (χ0n) is 20.5. The number of amides is 1. The molecular formula is C29H32BrN3O2. The zero-order valence-corrected chi connectivity index (χ0v) is 22.1. The van der Waals surface area contributed by atoms with Crippen LogP contribution in [0.15, 0.2) is 59.1 Å². The maximum atomic E-state index is 13.9. The molecule has 3 N–H and O–H groups in total. The molecule has 0 aromatic heterocycles. The van der Waals surface area contributed by atoms with Gasteiger partial charge in [-0.25, -0.2) is 0 Å². The number of nitriles is 1. The average molecular weight is 534 g/mol. The second-order valence-corrected chi connectivity index (χ2v) is 11.6. The minimum Gasteiger partial charge on any atom is -0.507 e. The quantitative estimate of drug-likeness (QED) is 0.330.